The van der Waals surface area contributed by atoms with Crippen molar-refractivity contribution in [2.45, 2.75) is 37.8 Å². The third-order valence-corrected chi connectivity index (χ3v) is 6.62. The van der Waals surface area contributed by atoms with Crippen molar-refractivity contribution < 1.29 is 14.3 Å². The quantitative estimate of drug-likeness (QED) is 0.848. The van der Waals surface area contributed by atoms with Gasteiger partial charge in [0.15, 0.2) is 0 Å². The molecule has 3 heterocycles. The van der Waals surface area contributed by atoms with E-state index >= 15 is 0 Å². The number of amides is 2. The molecule has 1 aliphatic carbocycles. The molecule has 1 aromatic carbocycles. The number of nitriles is 1. The van der Waals surface area contributed by atoms with Gasteiger partial charge in [-0.1, -0.05) is 18.2 Å². The van der Waals surface area contributed by atoms with E-state index in [0.717, 1.165) is 35.1 Å². The van der Waals surface area contributed by atoms with Gasteiger partial charge in [-0.25, -0.2) is 9.78 Å². The first-order valence-electron chi connectivity index (χ1n) is 10.2. The number of carbonyl (C=O) groups is 2. The Morgan fingerprint density at radius 3 is 2.83 bits per heavy atom. The van der Waals surface area contributed by atoms with E-state index in [1.807, 2.05) is 42.2 Å². The fourth-order valence-electron chi connectivity index (χ4n) is 5.14. The molecule has 1 atom stereocenters. The van der Waals surface area contributed by atoms with Gasteiger partial charge in [-0.15, -0.1) is 0 Å². The third-order valence-electron chi connectivity index (χ3n) is 6.62. The number of nitrogens with zero attached hydrogens (tertiary/aromatic N) is 3. The summed E-state index contributed by atoms with van der Waals surface area (Å²) in [7, 11) is 0. The van der Waals surface area contributed by atoms with Gasteiger partial charge >= 0.3 is 6.09 Å². The maximum absolute atomic E-state index is 13.2. The van der Waals surface area contributed by atoms with Crippen LogP contribution in [0, 0.1) is 24.2 Å². The zero-order chi connectivity index (χ0) is 20.9. The van der Waals surface area contributed by atoms with E-state index < -0.39 is 5.60 Å². The Morgan fingerprint density at radius 1 is 1.30 bits per heavy atom. The Balaban J connectivity index is 1.41. The monoisotopic (exact) mass is 402 g/mol. The molecular weight excluding hydrogens is 380 g/mol. The summed E-state index contributed by atoms with van der Waals surface area (Å²) in [5, 5.41) is 12.3. The largest absolute Gasteiger partial charge is 0.441 e. The Morgan fingerprint density at radius 2 is 2.10 bits per heavy atom. The zero-order valence-electron chi connectivity index (χ0n) is 16.7. The lowest BCUT2D eigenvalue weighted by Crippen LogP contribution is -2.51. The molecule has 5 rings (SSSR count). The number of alkyl carbamates (subject to hydrolysis) is 1. The van der Waals surface area contributed by atoms with Crippen LogP contribution in [0.1, 0.15) is 51.6 Å². The first-order chi connectivity index (χ1) is 14.5. The molecule has 1 saturated heterocycles. The van der Waals surface area contributed by atoms with Crippen molar-refractivity contribution in [3.05, 3.63) is 64.5 Å². The number of aryl methyl sites for hydroxylation is 1. The molecule has 2 fully saturated rings. The number of benzene rings is 1. The predicted octanol–water partition coefficient (Wildman–Crippen LogP) is 2.89. The number of hydrogen-bond acceptors (Lipinski definition) is 5. The Kier molecular flexibility index (Phi) is 4.24. The number of aromatic nitrogens is 1. The van der Waals surface area contributed by atoms with E-state index in [1.54, 1.807) is 6.20 Å². The van der Waals surface area contributed by atoms with Crippen LogP contribution in [0.4, 0.5) is 4.79 Å². The lowest BCUT2D eigenvalue weighted by molar-refractivity contribution is -0.0554. The summed E-state index contributed by atoms with van der Waals surface area (Å²) in [5.74, 6) is 0.307. The molecule has 152 valence electrons. The molecule has 0 bridgehead atoms. The third kappa shape index (κ3) is 2.91. The molecule has 3 aliphatic rings. The van der Waals surface area contributed by atoms with Gasteiger partial charge in [0.05, 0.1) is 12.6 Å². The molecule has 30 heavy (non-hydrogen) atoms. The minimum absolute atomic E-state index is 0.0261. The van der Waals surface area contributed by atoms with E-state index in [0.29, 0.717) is 25.2 Å². The highest BCUT2D eigenvalue weighted by atomic mass is 16.6. The van der Waals surface area contributed by atoms with Gasteiger partial charge in [0, 0.05) is 24.7 Å². The summed E-state index contributed by atoms with van der Waals surface area (Å²) in [5.41, 5.74) is 3.63. The summed E-state index contributed by atoms with van der Waals surface area (Å²) in [6, 6.07) is 11.7. The smallest absolute Gasteiger partial charge is 0.407 e. The second-order valence-electron chi connectivity index (χ2n) is 8.53. The highest BCUT2D eigenvalue weighted by Crippen LogP contribution is 2.45. The first kappa shape index (κ1) is 18.6. The molecule has 1 aromatic heterocycles. The number of ether oxygens (including phenoxy) is 1. The summed E-state index contributed by atoms with van der Waals surface area (Å²) >= 11 is 0. The summed E-state index contributed by atoms with van der Waals surface area (Å²) in [4.78, 5) is 30.8. The number of carbonyl (C=O) groups excluding carboxylic acids is 2. The molecule has 1 spiro atoms. The van der Waals surface area contributed by atoms with Crippen LogP contribution in [0.25, 0.3) is 0 Å². The second kappa shape index (κ2) is 6.84. The average molecular weight is 402 g/mol. The van der Waals surface area contributed by atoms with Crippen LogP contribution in [-0.4, -0.2) is 40.6 Å². The van der Waals surface area contributed by atoms with E-state index in [9.17, 15) is 14.9 Å². The van der Waals surface area contributed by atoms with Crippen LogP contribution in [0.15, 0.2) is 36.5 Å². The molecule has 2 amide bonds. The summed E-state index contributed by atoms with van der Waals surface area (Å²) < 4.78 is 5.44. The molecule has 7 nitrogen and oxygen atoms in total. The molecular formula is C23H22N4O3. The summed E-state index contributed by atoms with van der Waals surface area (Å²) in [6.07, 6.45) is 3.36. The lowest BCUT2D eigenvalue weighted by Gasteiger charge is -2.44. The van der Waals surface area contributed by atoms with Gasteiger partial charge in [0.1, 0.15) is 17.4 Å². The lowest BCUT2D eigenvalue weighted by atomic mass is 9.70. The minimum atomic E-state index is -0.402. The fraction of sp³-hybridized carbons (Fsp3) is 0.391. The van der Waals surface area contributed by atoms with Gasteiger partial charge in [-0.05, 0) is 54.5 Å². The van der Waals surface area contributed by atoms with Crippen molar-refractivity contribution >= 4 is 12.0 Å². The number of rotatable bonds is 4. The van der Waals surface area contributed by atoms with Crippen molar-refractivity contribution in [2.75, 3.05) is 13.1 Å². The molecule has 1 N–H and O–H groups in total. The number of nitrogens with one attached hydrogen (secondary N) is 1. The minimum Gasteiger partial charge on any atom is -0.441 e. The topological polar surface area (TPSA) is 95.3 Å². The molecule has 2 aromatic rings. The van der Waals surface area contributed by atoms with E-state index in [4.69, 9.17) is 4.74 Å². The van der Waals surface area contributed by atoms with E-state index in [-0.39, 0.29) is 24.0 Å². The molecule has 0 unspecified atom stereocenters. The van der Waals surface area contributed by atoms with Crippen molar-refractivity contribution in [3.8, 4) is 6.07 Å². The zero-order valence-corrected chi connectivity index (χ0v) is 16.7. The standard InChI is InChI=1S/C23H22N4O3/c1-14-6-7-25-19(11-24)18(14)8-20-16-4-2-3-5-17(16)21(28)27(20)12-15-9-23(10-15)13-26-22(29)30-23/h2-7,15,20H,8-10,12-13H2,1H3,(H,26,29)/t15?,20-,23?/m0/s1. The van der Waals surface area contributed by atoms with Crippen molar-refractivity contribution in [3.63, 3.8) is 0 Å². The first-order valence-corrected chi connectivity index (χ1v) is 10.2. The van der Waals surface area contributed by atoms with Crippen LogP contribution in [0.5, 0.6) is 0 Å². The molecule has 1 saturated carbocycles. The second-order valence-corrected chi connectivity index (χ2v) is 8.53. The van der Waals surface area contributed by atoms with Crippen molar-refractivity contribution in [1.82, 2.24) is 15.2 Å². The Bertz CT molecular complexity index is 1080. The van der Waals surface area contributed by atoms with Crippen LogP contribution in [-0.2, 0) is 11.2 Å². The molecule has 7 heteroatoms. The molecule has 2 aliphatic heterocycles. The average Bonchev–Trinajstić information content (AvgIpc) is 3.23. The van der Waals surface area contributed by atoms with Gasteiger partial charge in [-0.2, -0.15) is 5.26 Å². The van der Waals surface area contributed by atoms with Crippen LogP contribution in [0.3, 0.4) is 0 Å². The normalized spacial score (nSPS) is 26.7. The summed E-state index contributed by atoms with van der Waals surface area (Å²) in [6.45, 7) is 3.13. The number of hydrogen-bond donors (Lipinski definition) is 1. The molecule has 0 radical (unpaired) electrons. The van der Waals surface area contributed by atoms with E-state index in [1.165, 1.54) is 0 Å². The van der Waals surface area contributed by atoms with Gasteiger partial charge in [0.2, 0.25) is 0 Å². The highest BCUT2D eigenvalue weighted by Gasteiger charge is 2.52. The van der Waals surface area contributed by atoms with Crippen LogP contribution >= 0.6 is 0 Å². The van der Waals surface area contributed by atoms with Gasteiger partial charge < -0.3 is 15.0 Å². The van der Waals surface area contributed by atoms with Crippen molar-refractivity contribution in [2.24, 2.45) is 5.92 Å². The van der Waals surface area contributed by atoms with Gasteiger partial charge in [-0.3, -0.25) is 4.79 Å². The SMILES string of the molecule is Cc1ccnc(C#N)c1C[C@H]1c2ccccc2C(=O)N1CC1CC2(CNC(=O)O2)C1. The number of pyridine rings is 1. The maximum atomic E-state index is 13.2. The maximum Gasteiger partial charge on any atom is 0.407 e. The van der Waals surface area contributed by atoms with Crippen LogP contribution < -0.4 is 5.32 Å². The van der Waals surface area contributed by atoms with Crippen molar-refractivity contribution in [1.29, 1.82) is 5.26 Å². The number of fused-ring (bicyclic) bond motifs is 1. The predicted molar refractivity (Wildman–Crippen MR) is 108 cm³/mol. The fourth-order valence-corrected chi connectivity index (χ4v) is 5.14. The Hall–Kier alpha value is -3.40. The highest BCUT2D eigenvalue weighted by molar-refractivity contribution is 5.99. The van der Waals surface area contributed by atoms with Crippen LogP contribution in [0.2, 0.25) is 0 Å². The van der Waals surface area contributed by atoms with Gasteiger partial charge in [0.25, 0.3) is 5.91 Å². The van der Waals surface area contributed by atoms with E-state index in [2.05, 4.69) is 16.4 Å². The Labute approximate surface area is 174 Å².